The lowest BCUT2D eigenvalue weighted by molar-refractivity contribution is -0.122. The smallest absolute Gasteiger partial charge is 0.254 e. The third kappa shape index (κ3) is 4.48. The Kier molecular flexibility index (Phi) is 7.10. The molecule has 1 saturated carbocycles. The van der Waals surface area contributed by atoms with Crippen molar-refractivity contribution in [3.63, 3.8) is 0 Å². The Balaban J connectivity index is 1.87. The molecule has 0 aromatic heterocycles. The first-order valence-electron chi connectivity index (χ1n) is 11.5. The summed E-state index contributed by atoms with van der Waals surface area (Å²) in [4.78, 5) is 31.7. The van der Waals surface area contributed by atoms with Crippen LogP contribution >= 0.6 is 0 Å². The van der Waals surface area contributed by atoms with E-state index in [1.165, 1.54) is 21.3 Å². The van der Waals surface area contributed by atoms with Crippen molar-refractivity contribution in [1.29, 1.82) is 0 Å². The molecule has 1 aliphatic heterocycles. The van der Waals surface area contributed by atoms with Crippen LogP contribution in [0.15, 0.2) is 52.7 Å². The van der Waals surface area contributed by atoms with Gasteiger partial charge in [-0.15, -0.1) is 0 Å². The van der Waals surface area contributed by atoms with Crippen molar-refractivity contribution in [2.75, 3.05) is 33.8 Å². The minimum Gasteiger partial charge on any atom is -0.495 e. The van der Waals surface area contributed by atoms with E-state index in [-0.39, 0.29) is 11.7 Å². The summed E-state index contributed by atoms with van der Waals surface area (Å²) in [7, 11) is 6.16. The van der Waals surface area contributed by atoms with Gasteiger partial charge in [0.2, 0.25) is 5.75 Å². The summed E-state index contributed by atoms with van der Waals surface area (Å²) in [5.41, 5.74) is 3.07. The predicted octanol–water partition coefficient (Wildman–Crippen LogP) is 4.54. The van der Waals surface area contributed by atoms with Crippen LogP contribution in [0.2, 0.25) is 0 Å². The van der Waals surface area contributed by atoms with Gasteiger partial charge in [-0.05, 0) is 49.6 Å². The highest BCUT2D eigenvalue weighted by molar-refractivity contribution is 6.14. The molecule has 1 amide bonds. The van der Waals surface area contributed by atoms with Crippen molar-refractivity contribution in [2.24, 2.45) is 10.9 Å². The van der Waals surface area contributed by atoms with E-state index in [2.05, 4.69) is 5.32 Å². The maximum Gasteiger partial charge on any atom is 0.254 e. The zero-order chi connectivity index (χ0) is 25.1. The molecule has 35 heavy (non-hydrogen) atoms. The standard InChI is InChI=1S/C27H30N2O6/c1-15-23(27(31)29-17-9-6-7-12-20(17)32-2)24(25-18(28-15)10-8-11-19(25)30)16-13-21(33-3)26(35-5)22(14-16)34-4/h6-7,9,12-14,24-25H,8,10-11H2,1-5H3,(H,29,31)/t24-,25-/m0/s1. The molecule has 0 radical (unpaired) electrons. The summed E-state index contributed by atoms with van der Waals surface area (Å²) in [5, 5.41) is 2.96. The summed E-state index contributed by atoms with van der Waals surface area (Å²) in [6.45, 7) is 1.81. The number of fused-ring (bicyclic) bond motifs is 1. The first kappa shape index (κ1) is 24.3. The number of para-hydroxylation sites is 2. The number of benzene rings is 2. The van der Waals surface area contributed by atoms with Gasteiger partial charge in [0, 0.05) is 29.3 Å². The van der Waals surface area contributed by atoms with Crippen LogP contribution in [0.1, 0.15) is 37.7 Å². The summed E-state index contributed by atoms with van der Waals surface area (Å²) < 4.78 is 22.0. The Morgan fingerprint density at radius 2 is 1.57 bits per heavy atom. The number of amides is 1. The maximum atomic E-state index is 13.8. The first-order valence-corrected chi connectivity index (χ1v) is 11.5. The van der Waals surface area contributed by atoms with Gasteiger partial charge < -0.3 is 24.3 Å². The second-order valence-electron chi connectivity index (χ2n) is 8.49. The van der Waals surface area contributed by atoms with Gasteiger partial charge in [-0.3, -0.25) is 14.6 Å². The Morgan fingerprint density at radius 1 is 0.914 bits per heavy atom. The Bertz CT molecular complexity index is 1190. The highest BCUT2D eigenvalue weighted by atomic mass is 16.5. The molecule has 1 aliphatic carbocycles. The van der Waals surface area contributed by atoms with E-state index >= 15 is 0 Å². The average molecular weight is 479 g/mol. The number of nitrogens with one attached hydrogen (secondary N) is 1. The molecule has 2 aromatic rings. The van der Waals surface area contributed by atoms with Gasteiger partial charge in [-0.25, -0.2) is 0 Å². The molecule has 1 N–H and O–H groups in total. The van der Waals surface area contributed by atoms with Crippen LogP contribution in [-0.2, 0) is 9.59 Å². The van der Waals surface area contributed by atoms with Crippen LogP contribution in [-0.4, -0.2) is 45.8 Å². The fourth-order valence-electron chi connectivity index (χ4n) is 4.99. The van der Waals surface area contributed by atoms with Crippen LogP contribution in [0.3, 0.4) is 0 Å². The number of hydrogen-bond acceptors (Lipinski definition) is 7. The number of methoxy groups -OCH3 is 4. The molecular formula is C27H30N2O6. The van der Waals surface area contributed by atoms with Gasteiger partial charge in [0.15, 0.2) is 11.5 Å². The van der Waals surface area contributed by atoms with Gasteiger partial charge >= 0.3 is 0 Å². The molecule has 0 saturated heterocycles. The Hall–Kier alpha value is -3.81. The summed E-state index contributed by atoms with van der Waals surface area (Å²) in [6.07, 6.45) is 1.92. The Labute approximate surface area is 204 Å². The highest BCUT2D eigenvalue weighted by Crippen LogP contribution is 2.47. The number of hydrogen-bond donors (Lipinski definition) is 1. The zero-order valence-corrected chi connectivity index (χ0v) is 20.6. The van der Waals surface area contributed by atoms with Crippen molar-refractivity contribution >= 4 is 23.1 Å². The minimum absolute atomic E-state index is 0.0730. The van der Waals surface area contributed by atoms with E-state index in [9.17, 15) is 9.59 Å². The number of carbonyl (C=O) groups excluding carboxylic acids is 2. The topological polar surface area (TPSA) is 95.5 Å². The molecule has 4 rings (SSSR count). The molecular weight excluding hydrogens is 448 g/mol. The summed E-state index contributed by atoms with van der Waals surface area (Å²) >= 11 is 0. The van der Waals surface area contributed by atoms with Gasteiger partial charge in [-0.1, -0.05) is 12.1 Å². The van der Waals surface area contributed by atoms with Gasteiger partial charge in [0.1, 0.15) is 11.5 Å². The van der Waals surface area contributed by atoms with Crippen LogP contribution in [0, 0.1) is 5.92 Å². The van der Waals surface area contributed by atoms with Crippen LogP contribution in [0.4, 0.5) is 5.69 Å². The number of aliphatic imine (C=N–C) groups is 1. The van der Waals surface area contributed by atoms with E-state index in [0.29, 0.717) is 46.4 Å². The summed E-state index contributed by atoms with van der Waals surface area (Å²) in [5.74, 6) is 0.534. The fraction of sp³-hybridized carbons (Fsp3) is 0.370. The largest absolute Gasteiger partial charge is 0.495 e. The van der Waals surface area contributed by atoms with Crippen LogP contribution < -0.4 is 24.3 Å². The number of ketones is 1. The van der Waals surface area contributed by atoms with Crippen molar-refractivity contribution < 1.29 is 28.5 Å². The van der Waals surface area contributed by atoms with Crippen molar-refractivity contribution in [3.05, 3.63) is 53.2 Å². The molecule has 2 atom stereocenters. The molecule has 1 heterocycles. The van der Waals surface area contributed by atoms with E-state index in [1.54, 1.807) is 31.4 Å². The number of rotatable bonds is 7. The SMILES string of the molecule is COc1ccccc1NC(=O)C1=C(C)N=C2CCCC(=O)[C@H]2[C@H]1c1cc(OC)c(OC)c(OC)c1. The third-order valence-electron chi connectivity index (χ3n) is 6.55. The minimum atomic E-state index is -0.557. The van der Waals surface area contributed by atoms with Gasteiger partial charge in [-0.2, -0.15) is 0 Å². The molecule has 8 heteroatoms. The number of anilines is 1. The van der Waals surface area contributed by atoms with E-state index in [0.717, 1.165) is 24.1 Å². The zero-order valence-electron chi connectivity index (χ0n) is 20.6. The Morgan fingerprint density at radius 3 is 2.20 bits per heavy atom. The van der Waals surface area contributed by atoms with Crippen LogP contribution in [0.25, 0.3) is 0 Å². The number of nitrogens with zero attached hydrogens (tertiary/aromatic N) is 1. The third-order valence-corrected chi connectivity index (χ3v) is 6.55. The second-order valence-corrected chi connectivity index (χ2v) is 8.49. The number of Topliss-reactive ketones (excluding diaryl/α,β-unsaturated/α-hetero) is 1. The van der Waals surface area contributed by atoms with Crippen LogP contribution in [0.5, 0.6) is 23.0 Å². The molecule has 0 spiro atoms. The monoisotopic (exact) mass is 478 g/mol. The maximum absolute atomic E-state index is 13.8. The molecule has 184 valence electrons. The van der Waals surface area contributed by atoms with Crippen molar-refractivity contribution in [3.8, 4) is 23.0 Å². The quantitative estimate of drug-likeness (QED) is 0.628. The molecule has 2 aromatic carbocycles. The number of carbonyl (C=O) groups is 2. The molecule has 2 aliphatic rings. The summed E-state index contributed by atoms with van der Waals surface area (Å²) in [6, 6.07) is 10.8. The fourth-order valence-corrected chi connectivity index (χ4v) is 4.99. The normalized spacial score (nSPS) is 19.5. The van der Waals surface area contributed by atoms with Crippen molar-refractivity contribution in [2.45, 2.75) is 32.1 Å². The first-order chi connectivity index (χ1) is 16.9. The van der Waals surface area contributed by atoms with E-state index in [4.69, 9.17) is 23.9 Å². The molecule has 0 unspecified atom stereocenters. The van der Waals surface area contributed by atoms with Gasteiger partial charge in [0.05, 0.1) is 40.0 Å². The average Bonchev–Trinajstić information content (AvgIpc) is 2.87. The molecule has 0 bridgehead atoms. The van der Waals surface area contributed by atoms with E-state index < -0.39 is 11.8 Å². The predicted molar refractivity (Wildman–Crippen MR) is 133 cm³/mol. The van der Waals surface area contributed by atoms with Crippen molar-refractivity contribution in [1.82, 2.24) is 0 Å². The lowest BCUT2D eigenvalue weighted by Crippen LogP contribution is -2.39. The molecule has 8 nitrogen and oxygen atoms in total. The number of ether oxygens (including phenoxy) is 4. The lowest BCUT2D eigenvalue weighted by Gasteiger charge is -2.36. The lowest BCUT2D eigenvalue weighted by atomic mass is 9.69. The second kappa shape index (κ2) is 10.2. The number of allylic oxidation sites excluding steroid dienone is 1. The molecule has 1 fully saturated rings. The highest BCUT2D eigenvalue weighted by Gasteiger charge is 2.44. The van der Waals surface area contributed by atoms with Gasteiger partial charge in [0.25, 0.3) is 5.91 Å². The van der Waals surface area contributed by atoms with E-state index in [1.807, 2.05) is 19.1 Å².